The fourth-order valence-electron chi connectivity index (χ4n) is 6.89. The quantitative estimate of drug-likeness (QED) is 0.200. The van der Waals surface area contributed by atoms with Crippen LogP contribution in [0.5, 0.6) is 0 Å². The summed E-state index contributed by atoms with van der Waals surface area (Å²) in [7, 11) is -0.571. The van der Waals surface area contributed by atoms with Crippen LogP contribution in [0.15, 0.2) is 48.5 Å². The second-order valence-corrected chi connectivity index (χ2v) is 17.5. The Labute approximate surface area is 239 Å². The molecule has 0 atom stereocenters. The number of ether oxygens (including phenoxy) is 1. The Hall–Kier alpha value is -2.97. The van der Waals surface area contributed by atoms with Crippen molar-refractivity contribution in [2.45, 2.75) is 96.5 Å². The second-order valence-electron chi connectivity index (χ2n) is 12.1. The topological polar surface area (TPSA) is 82.5 Å². The maximum absolute atomic E-state index is 13.1. The number of nitrogens with zero attached hydrogens (tertiary/aromatic N) is 2. The molecule has 1 N–H and O–H groups in total. The van der Waals surface area contributed by atoms with Crippen LogP contribution in [-0.4, -0.2) is 36.9 Å². The minimum absolute atomic E-state index is 0.0801. The molecule has 1 aliphatic carbocycles. The standard InChI is InChI=1S/C32H45N3O4Si/c1-21(2)40(22(3)4,23(5)6)39-20-24-13-18-28-29(19-24)35(27-16-14-26(15-17-27)31(37)38-7)32(33-28)34-30(36)25-11-9-8-10-12-25/h8-13,18-19,21-23,26-27H,14-17,20H2,1-7H3,(H,33,34,36). The number of rotatable bonds is 10. The van der Waals surface area contributed by atoms with Gasteiger partial charge in [0, 0.05) is 11.6 Å². The van der Waals surface area contributed by atoms with E-state index >= 15 is 0 Å². The van der Waals surface area contributed by atoms with Gasteiger partial charge in [-0.15, -0.1) is 0 Å². The summed E-state index contributed by atoms with van der Waals surface area (Å²) in [6.07, 6.45) is 3.11. The van der Waals surface area contributed by atoms with Gasteiger partial charge in [0.1, 0.15) is 0 Å². The van der Waals surface area contributed by atoms with Crippen molar-refractivity contribution >= 4 is 37.2 Å². The smallest absolute Gasteiger partial charge is 0.308 e. The van der Waals surface area contributed by atoms with Gasteiger partial charge in [-0.3, -0.25) is 14.9 Å². The van der Waals surface area contributed by atoms with Gasteiger partial charge in [0.15, 0.2) is 0 Å². The lowest BCUT2D eigenvalue weighted by Gasteiger charge is -2.42. The predicted octanol–water partition coefficient (Wildman–Crippen LogP) is 7.89. The number of carbonyl (C=O) groups is 2. The third-order valence-electron chi connectivity index (χ3n) is 8.81. The number of imidazole rings is 1. The summed E-state index contributed by atoms with van der Waals surface area (Å²) < 4.78 is 14.1. The number of benzene rings is 2. The van der Waals surface area contributed by atoms with E-state index in [0.717, 1.165) is 42.3 Å². The van der Waals surface area contributed by atoms with Crippen molar-refractivity contribution in [1.29, 1.82) is 0 Å². The maximum atomic E-state index is 13.1. The minimum Gasteiger partial charge on any atom is -0.469 e. The van der Waals surface area contributed by atoms with Crippen molar-refractivity contribution in [2.75, 3.05) is 12.4 Å². The fraction of sp³-hybridized carbons (Fsp3) is 0.531. The molecule has 2 aromatic carbocycles. The number of aromatic nitrogens is 2. The average Bonchev–Trinajstić information content (AvgIpc) is 3.29. The molecular formula is C32H45N3O4Si. The summed E-state index contributed by atoms with van der Waals surface area (Å²) in [6.45, 7) is 14.4. The molecule has 0 radical (unpaired) electrons. The van der Waals surface area contributed by atoms with Crippen molar-refractivity contribution in [3.63, 3.8) is 0 Å². The zero-order valence-corrected chi connectivity index (χ0v) is 26.1. The number of nitrogens with one attached hydrogen (secondary N) is 1. The summed E-state index contributed by atoms with van der Waals surface area (Å²) in [5.74, 6) is 0.131. The number of anilines is 1. The number of fused-ring (bicyclic) bond motifs is 1. The number of esters is 1. The lowest BCUT2D eigenvalue weighted by molar-refractivity contribution is -0.146. The van der Waals surface area contributed by atoms with Crippen LogP contribution in [-0.2, 0) is 20.6 Å². The largest absolute Gasteiger partial charge is 0.469 e. The van der Waals surface area contributed by atoms with E-state index in [0.29, 0.717) is 34.7 Å². The molecule has 1 amide bonds. The van der Waals surface area contributed by atoms with Crippen LogP contribution in [0.3, 0.4) is 0 Å². The number of amides is 1. The van der Waals surface area contributed by atoms with Crippen LogP contribution in [0, 0.1) is 5.92 Å². The van der Waals surface area contributed by atoms with Gasteiger partial charge in [0.05, 0.1) is 30.7 Å². The van der Waals surface area contributed by atoms with Gasteiger partial charge in [-0.1, -0.05) is 65.8 Å². The Kier molecular flexibility index (Phi) is 9.51. The van der Waals surface area contributed by atoms with Crippen LogP contribution >= 0.6 is 0 Å². The van der Waals surface area contributed by atoms with Crippen molar-refractivity contribution in [2.24, 2.45) is 5.92 Å². The van der Waals surface area contributed by atoms with Gasteiger partial charge < -0.3 is 13.7 Å². The lowest BCUT2D eigenvalue weighted by Crippen LogP contribution is -2.47. The van der Waals surface area contributed by atoms with Gasteiger partial charge in [-0.05, 0) is 72.1 Å². The highest BCUT2D eigenvalue weighted by Crippen LogP contribution is 2.43. The van der Waals surface area contributed by atoms with Crippen LogP contribution in [0.1, 0.15) is 89.2 Å². The monoisotopic (exact) mass is 563 g/mol. The molecule has 0 saturated heterocycles. The molecule has 7 nitrogen and oxygen atoms in total. The molecule has 1 heterocycles. The van der Waals surface area contributed by atoms with Gasteiger partial charge >= 0.3 is 5.97 Å². The summed E-state index contributed by atoms with van der Waals surface area (Å²) in [6, 6.07) is 15.6. The Balaban J connectivity index is 1.68. The van der Waals surface area contributed by atoms with E-state index in [4.69, 9.17) is 14.1 Å². The molecule has 0 unspecified atom stereocenters. The van der Waals surface area contributed by atoms with Crippen molar-refractivity contribution in [3.8, 4) is 0 Å². The van der Waals surface area contributed by atoms with Crippen molar-refractivity contribution < 1.29 is 18.8 Å². The zero-order valence-electron chi connectivity index (χ0n) is 25.1. The second kappa shape index (κ2) is 12.7. The summed E-state index contributed by atoms with van der Waals surface area (Å²) in [4.78, 5) is 30.2. The molecule has 4 rings (SSSR count). The Morgan fingerprint density at radius 3 is 2.15 bits per heavy atom. The van der Waals surface area contributed by atoms with Gasteiger partial charge in [-0.2, -0.15) is 0 Å². The first-order chi connectivity index (χ1) is 19.1. The maximum Gasteiger partial charge on any atom is 0.308 e. The molecule has 1 saturated carbocycles. The highest BCUT2D eigenvalue weighted by Gasteiger charge is 2.45. The first-order valence-corrected chi connectivity index (χ1v) is 16.8. The van der Waals surface area contributed by atoms with E-state index < -0.39 is 8.32 Å². The molecular weight excluding hydrogens is 518 g/mol. The number of carbonyl (C=O) groups excluding carboxylic acids is 2. The summed E-state index contributed by atoms with van der Waals surface area (Å²) >= 11 is 0. The molecule has 0 bridgehead atoms. The number of hydrogen-bond donors (Lipinski definition) is 1. The molecule has 1 aliphatic rings. The fourth-order valence-corrected chi connectivity index (χ4v) is 12.3. The molecule has 0 spiro atoms. The van der Waals surface area contributed by atoms with Gasteiger partial charge in [0.25, 0.3) is 5.91 Å². The molecule has 0 aliphatic heterocycles. The van der Waals surface area contributed by atoms with E-state index in [1.165, 1.54) is 7.11 Å². The number of methoxy groups -OCH3 is 1. The molecule has 1 fully saturated rings. The lowest BCUT2D eigenvalue weighted by atomic mass is 9.86. The van der Waals surface area contributed by atoms with E-state index in [1.807, 2.05) is 24.3 Å². The molecule has 216 valence electrons. The Morgan fingerprint density at radius 2 is 1.57 bits per heavy atom. The van der Waals surface area contributed by atoms with E-state index in [-0.39, 0.29) is 23.8 Å². The van der Waals surface area contributed by atoms with Crippen LogP contribution in [0.25, 0.3) is 11.0 Å². The summed E-state index contributed by atoms with van der Waals surface area (Å²) in [5.41, 5.74) is 5.03. The highest BCUT2D eigenvalue weighted by atomic mass is 28.4. The van der Waals surface area contributed by atoms with Gasteiger partial charge in [0.2, 0.25) is 14.3 Å². The first-order valence-electron chi connectivity index (χ1n) is 14.7. The molecule has 40 heavy (non-hydrogen) atoms. The molecule has 3 aromatic rings. The molecule has 8 heteroatoms. The minimum atomic E-state index is -2.02. The zero-order chi connectivity index (χ0) is 29.0. The third kappa shape index (κ3) is 6.03. The third-order valence-corrected chi connectivity index (χ3v) is 14.9. The number of hydrogen-bond acceptors (Lipinski definition) is 5. The van der Waals surface area contributed by atoms with E-state index in [2.05, 4.69) is 63.6 Å². The average molecular weight is 564 g/mol. The Bertz CT molecular complexity index is 1290. The Morgan fingerprint density at radius 1 is 0.950 bits per heavy atom. The van der Waals surface area contributed by atoms with Crippen LogP contribution in [0.2, 0.25) is 16.6 Å². The normalized spacial score (nSPS) is 18.1. The van der Waals surface area contributed by atoms with E-state index in [9.17, 15) is 9.59 Å². The predicted molar refractivity (Wildman–Crippen MR) is 163 cm³/mol. The first kappa shape index (κ1) is 30.0. The molecule has 1 aromatic heterocycles. The van der Waals surface area contributed by atoms with Crippen LogP contribution < -0.4 is 5.32 Å². The van der Waals surface area contributed by atoms with Crippen molar-refractivity contribution in [3.05, 3.63) is 59.7 Å². The summed E-state index contributed by atoms with van der Waals surface area (Å²) in [5, 5.41) is 3.08. The van der Waals surface area contributed by atoms with Gasteiger partial charge in [-0.25, -0.2) is 4.98 Å². The highest BCUT2D eigenvalue weighted by molar-refractivity contribution is 6.77. The van der Waals surface area contributed by atoms with E-state index in [1.54, 1.807) is 12.1 Å². The van der Waals surface area contributed by atoms with Crippen LogP contribution in [0.4, 0.5) is 5.95 Å². The van der Waals surface area contributed by atoms with Crippen molar-refractivity contribution in [1.82, 2.24) is 9.55 Å². The SMILES string of the molecule is COC(=O)C1CCC(n2c(NC(=O)c3ccccc3)nc3ccc(CO[Si](C(C)C)(C(C)C)C(C)C)cc32)CC1.